The Balaban J connectivity index is 1.50. The average molecular weight is 513 g/mol. The number of rotatable bonds is 11. The van der Waals surface area contributed by atoms with Crippen molar-refractivity contribution in [2.45, 2.75) is 32.7 Å². The molecule has 196 valence electrons. The molecule has 0 radical (unpaired) electrons. The van der Waals surface area contributed by atoms with Crippen LogP contribution in [0.2, 0.25) is 0 Å². The number of methoxy groups -OCH3 is 1. The zero-order valence-corrected chi connectivity index (χ0v) is 22.1. The molecule has 0 saturated carbocycles. The zero-order valence-electron chi connectivity index (χ0n) is 22.1. The Bertz CT molecular complexity index is 1410. The van der Waals surface area contributed by atoms with Gasteiger partial charge in [0.2, 0.25) is 0 Å². The van der Waals surface area contributed by atoms with E-state index in [1.807, 2.05) is 63.2 Å². The van der Waals surface area contributed by atoms with Crippen LogP contribution in [-0.4, -0.2) is 52.1 Å². The van der Waals surface area contributed by atoms with Crippen molar-refractivity contribution in [3.05, 3.63) is 71.8 Å². The molecule has 9 nitrogen and oxygen atoms in total. The van der Waals surface area contributed by atoms with E-state index >= 15 is 0 Å². The molecule has 0 fully saturated rings. The average Bonchev–Trinajstić information content (AvgIpc) is 3.43. The number of benzene rings is 1. The molecule has 0 aliphatic rings. The fourth-order valence-corrected chi connectivity index (χ4v) is 3.96. The van der Waals surface area contributed by atoms with E-state index in [-0.39, 0.29) is 12.5 Å². The quantitative estimate of drug-likeness (QED) is 0.302. The first-order valence-corrected chi connectivity index (χ1v) is 12.4. The summed E-state index contributed by atoms with van der Waals surface area (Å²) < 4.78 is 10.8. The number of pyridine rings is 1. The largest absolute Gasteiger partial charge is 0.396 e. The van der Waals surface area contributed by atoms with Crippen molar-refractivity contribution in [1.82, 2.24) is 25.4 Å². The number of nitrogens with zero attached hydrogens (tertiary/aromatic N) is 5. The molecule has 0 aliphatic heterocycles. The number of nitriles is 1. The van der Waals surface area contributed by atoms with Gasteiger partial charge in [0.15, 0.2) is 5.76 Å². The Labute approximate surface area is 222 Å². The summed E-state index contributed by atoms with van der Waals surface area (Å²) in [5.74, 6) is 0.598. The predicted octanol–water partition coefficient (Wildman–Crippen LogP) is 4.31. The predicted molar refractivity (Wildman–Crippen MR) is 144 cm³/mol. The minimum atomic E-state index is -0.714. The lowest BCUT2D eigenvalue weighted by molar-refractivity contribution is 0.109. The van der Waals surface area contributed by atoms with Gasteiger partial charge in [-0.25, -0.2) is 4.98 Å². The monoisotopic (exact) mass is 512 g/mol. The molecular weight excluding hydrogens is 480 g/mol. The molecule has 4 rings (SSSR count). The Morgan fingerprint density at radius 3 is 2.61 bits per heavy atom. The molecule has 0 spiro atoms. The highest BCUT2D eigenvalue weighted by atomic mass is 16.5. The first-order chi connectivity index (χ1) is 18.3. The van der Waals surface area contributed by atoms with Crippen LogP contribution in [-0.2, 0) is 16.7 Å². The van der Waals surface area contributed by atoms with Crippen molar-refractivity contribution in [1.29, 1.82) is 5.26 Å². The van der Waals surface area contributed by atoms with Crippen LogP contribution in [0.3, 0.4) is 0 Å². The molecule has 0 bridgehead atoms. The highest BCUT2D eigenvalue weighted by molar-refractivity contribution is 5.68. The number of aliphatic hydroxyl groups excluding tert-OH is 1. The van der Waals surface area contributed by atoms with Gasteiger partial charge in [0, 0.05) is 56.1 Å². The van der Waals surface area contributed by atoms with Crippen LogP contribution in [0.15, 0.2) is 59.4 Å². The van der Waals surface area contributed by atoms with E-state index in [1.54, 1.807) is 19.5 Å². The van der Waals surface area contributed by atoms with Crippen molar-refractivity contribution in [2.75, 3.05) is 26.9 Å². The van der Waals surface area contributed by atoms with Gasteiger partial charge in [0.1, 0.15) is 11.4 Å². The Morgan fingerprint density at radius 2 is 1.89 bits per heavy atom. The molecule has 0 aliphatic carbocycles. The number of hydrogen-bond acceptors (Lipinski definition) is 9. The van der Waals surface area contributed by atoms with Crippen LogP contribution in [0, 0.1) is 24.2 Å². The van der Waals surface area contributed by atoms with E-state index in [0.717, 1.165) is 22.4 Å². The minimum absolute atomic E-state index is 0.0721. The van der Waals surface area contributed by atoms with E-state index in [1.165, 1.54) is 0 Å². The number of aromatic nitrogens is 4. The number of hydrogen-bond donors (Lipinski definition) is 2. The van der Waals surface area contributed by atoms with Crippen molar-refractivity contribution in [2.24, 2.45) is 5.92 Å². The standard InChI is InChI=1S/C29H32N6O3/c1-19-28(34-25(15-33-19)23-9-10-32-27(11-23)29(2,3)18-30)26-12-24(35-38-26)22-7-5-20(6-8-22)13-31-14-21(16-36)17-37-4/h5-12,15,21,31,36H,13-14,16-17H2,1-4H3. The van der Waals surface area contributed by atoms with Crippen LogP contribution in [0.5, 0.6) is 0 Å². The summed E-state index contributed by atoms with van der Waals surface area (Å²) in [4.78, 5) is 13.7. The summed E-state index contributed by atoms with van der Waals surface area (Å²) >= 11 is 0. The third-order valence-electron chi connectivity index (χ3n) is 6.35. The molecule has 3 heterocycles. The van der Waals surface area contributed by atoms with E-state index in [2.05, 4.69) is 26.5 Å². The van der Waals surface area contributed by atoms with Gasteiger partial charge >= 0.3 is 0 Å². The first kappa shape index (κ1) is 27.1. The van der Waals surface area contributed by atoms with Crippen LogP contribution < -0.4 is 5.32 Å². The lowest BCUT2D eigenvalue weighted by Crippen LogP contribution is -2.27. The molecule has 0 amide bonds. The molecule has 3 aromatic heterocycles. The van der Waals surface area contributed by atoms with Crippen molar-refractivity contribution < 1.29 is 14.4 Å². The normalized spacial score (nSPS) is 12.3. The van der Waals surface area contributed by atoms with E-state index in [9.17, 15) is 10.4 Å². The van der Waals surface area contributed by atoms with Gasteiger partial charge in [0.25, 0.3) is 0 Å². The minimum Gasteiger partial charge on any atom is -0.396 e. The Hall–Kier alpha value is -3.97. The number of aliphatic hydroxyl groups is 1. The molecule has 9 heteroatoms. The van der Waals surface area contributed by atoms with Gasteiger partial charge in [-0.3, -0.25) is 9.97 Å². The Kier molecular flexibility index (Phi) is 8.59. The van der Waals surface area contributed by atoms with Crippen LogP contribution in [0.1, 0.15) is 30.8 Å². The molecule has 1 aromatic carbocycles. The summed E-state index contributed by atoms with van der Waals surface area (Å²) in [5.41, 5.74) is 5.52. The second kappa shape index (κ2) is 12.0. The summed E-state index contributed by atoms with van der Waals surface area (Å²) in [6.45, 7) is 7.52. The maximum Gasteiger partial charge on any atom is 0.187 e. The number of ether oxygens (including phenoxy) is 1. The van der Waals surface area contributed by atoms with E-state index in [0.29, 0.717) is 48.2 Å². The molecule has 4 aromatic rings. The third kappa shape index (κ3) is 6.29. The molecule has 0 saturated heterocycles. The lowest BCUT2D eigenvalue weighted by atomic mass is 9.90. The van der Waals surface area contributed by atoms with Crippen molar-refractivity contribution >= 4 is 0 Å². The van der Waals surface area contributed by atoms with E-state index in [4.69, 9.17) is 14.2 Å². The smallest absolute Gasteiger partial charge is 0.187 e. The van der Waals surface area contributed by atoms with Crippen LogP contribution in [0.25, 0.3) is 34.0 Å². The summed E-state index contributed by atoms with van der Waals surface area (Å²) in [6.07, 6.45) is 3.39. The first-order valence-electron chi connectivity index (χ1n) is 12.4. The second-order valence-corrected chi connectivity index (χ2v) is 9.76. The second-order valence-electron chi connectivity index (χ2n) is 9.76. The highest BCUT2D eigenvalue weighted by Gasteiger charge is 2.22. The highest BCUT2D eigenvalue weighted by Crippen LogP contribution is 2.30. The fraction of sp³-hybridized carbons (Fsp3) is 0.345. The lowest BCUT2D eigenvalue weighted by Gasteiger charge is -2.15. The van der Waals surface area contributed by atoms with Gasteiger partial charge < -0.3 is 19.7 Å². The zero-order chi connectivity index (χ0) is 27.1. The summed E-state index contributed by atoms with van der Waals surface area (Å²) in [6, 6.07) is 16.0. The molecule has 2 N–H and O–H groups in total. The van der Waals surface area contributed by atoms with Crippen LogP contribution >= 0.6 is 0 Å². The summed E-state index contributed by atoms with van der Waals surface area (Å²) in [7, 11) is 1.64. The number of nitrogens with one attached hydrogen (secondary N) is 1. The molecule has 1 atom stereocenters. The maximum atomic E-state index is 9.48. The fourth-order valence-electron chi connectivity index (χ4n) is 3.96. The number of aryl methyl sites for hydroxylation is 1. The van der Waals surface area contributed by atoms with Crippen LogP contribution in [0.4, 0.5) is 0 Å². The van der Waals surface area contributed by atoms with Gasteiger partial charge in [-0.05, 0) is 38.5 Å². The SMILES string of the molecule is COCC(CO)CNCc1ccc(-c2cc(-c3nc(-c4ccnc(C(C)(C)C#N)c4)cnc3C)on2)cc1. The third-order valence-corrected chi connectivity index (χ3v) is 6.35. The topological polar surface area (TPSA) is 130 Å². The summed E-state index contributed by atoms with van der Waals surface area (Å²) in [5, 5.41) is 26.5. The molecule has 38 heavy (non-hydrogen) atoms. The van der Waals surface area contributed by atoms with Crippen molar-refractivity contribution in [3.63, 3.8) is 0 Å². The van der Waals surface area contributed by atoms with Crippen molar-refractivity contribution in [3.8, 4) is 40.0 Å². The van der Waals surface area contributed by atoms with E-state index < -0.39 is 5.41 Å². The Morgan fingerprint density at radius 1 is 1.11 bits per heavy atom. The van der Waals surface area contributed by atoms with Gasteiger partial charge in [-0.2, -0.15) is 5.26 Å². The molecule has 1 unspecified atom stereocenters. The maximum absolute atomic E-state index is 9.48. The van der Waals surface area contributed by atoms with Gasteiger partial charge in [-0.15, -0.1) is 0 Å². The van der Waals surface area contributed by atoms with Gasteiger partial charge in [0.05, 0.1) is 41.4 Å². The molecular formula is C29H32N6O3. The van der Waals surface area contributed by atoms with Gasteiger partial charge in [-0.1, -0.05) is 29.4 Å².